The fourth-order valence-electron chi connectivity index (χ4n) is 3.51. The molecule has 0 aromatic carbocycles. The van der Waals surface area contributed by atoms with Crippen LogP contribution in [0.5, 0.6) is 0 Å². The molecule has 0 amide bonds. The van der Waals surface area contributed by atoms with E-state index in [0.29, 0.717) is 6.04 Å². The maximum atomic E-state index is 6.20. The molecule has 3 aliphatic rings. The van der Waals surface area contributed by atoms with Gasteiger partial charge >= 0.3 is 0 Å². The molecule has 0 aliphatic heterocycles. The van der Waals surface area contributed by atoms with Gasteiger partial charge in [-0.2, -0.15) is 0 Å². The molecule has 3 saturated carbocycles. The molecule has 4 atom stereocenters. The Hall–Kier alpha value is -0.0400. The highest BCUT2D eigenvalue weighted by atomic mass is 14.7. The van der Waals surface area contributed by atoms with Gasteiger partial charge < -0.3 is 5.73 Å². The topological polar surface area (TPSA) is 26.0 Å². The Morgan fingerprint density at radius 2 is 1.54 bits per heavy atom. The van der Waals surface area contributed by atoms with E-state index in [1.165, 1.54) is 44.9 Å². The van der Waals surface area contributed by atoms with Crippen molar-refractivity contribution in [3.8, 4) is 0 Å². The fraction of sp³-hybridized carbons (Fsp3) is 1.00. The zero-order valence-corrected chi connectivity index (χ0v) is 8.41. The van der Waals surface area contributed by atoms with Gasteiger partial charge in [0.25, 0.3) is 0 Å². The lowest BCUT2D eigenvalue weighted by atomic mass is 9.81. The van der Waals surface area contributed by atoms with Crippen molar-refractivity contribution < 1.29 is 0 Å². The second kappa shape index (κ2) is 2.98. The summed E-state index contributed by atoms with van der Waals surface area (Å²) in [5, 5.41) is 0. The minimum absolute atomic E-state index is 0.558. The van der Waals surface area contributed by atoms with Gasteiger partial charge in [-0.25, -0.2) is 0 Å². The van der Waals surface area contributed by atoms with Gasteiger partial charge in [0.15, 0.2) is 0 Å². The van der Waals surface area contributed by atoms with Crippen molar-refractivity contribution in [3.05, 3.63) is 0 Å². The van der Waals surface area contributed by atoms with Gasteiger partial charge in [0, 0.05) is 6.04 Å². The van der Waals surface area contributed by atoms with Crippen LogP contribution in [0.3, 0.4) is 0 Å². The Morgan fingerprint density at radius 1 is 0.769 bits per heavy atom. The van der Waals surface area contributed by atoms with Crippen LogP contribution in [0.15, 0.2) is 0 Å². The predicted octanol–water partition coefficient (Wildman–Crippen LogP) is 2.55. The number of rotatable bonds is 2. The molecule has 3 fully saturated rings. The van der Waals surface area contributed by atoms with Crippen molar-refractivity contribution in [1.29, 1.82) is 0 Å². The SMILES string of the molecule is NC1CCCCC1C1CC1C1CC1. The van der Waals surface area contributed by atoms with E-state index < -0.39 is 0 Å². The van der Waals surface area contributed by atoms with Crippen molar-refractivity contribution in [3.63, 3.8) is 0 Å². The summed E-state index contributed by atoms with van der Waals surface area (Å²) in [6.07, 6.45) is 10.2. The smallest absolute Gasteiger partial charge is 0.00699 e. The first kappa shape index (κ1) is 8.28. The third kappa shape index (κ3) is 1.52. The standard InChI is InChI=1S/C12H21N/c13-12-4-2-1-3-9(12)11-7-10(11)8-5-6-8/h8-12H,1-7,13H2. The lowest BCUT2D eigenvalue weighted by Gasteiger charge is -2.29. The summed E-state index contributed by atoms with van der Waals surface area (Å²) < 4.78 is 0. The molecule has 3 rings (SSSR count). The molecule has 0 aromatic rings. The van der Waals surface area contributed by atoms with Crippen LogP contribution in [0.2, 0.25) is 0 Å². The van der Waals surface area contributed by atoms with E-state index in [2.05, 4.69) is 0 Å². The Morgan fingerprint density at radius 3 is 2.23 bits per heavy atom. The first-order valence-electron chi connectivity index (χ1n) is 6.12. The van der Waals surface area contributed by atoms with Crippen LogP contribution in [-0.2, 0) is 0 Å². The summed E-state index contributed by atoms with van der Waals surface area (Å²) in [7, 11) is 0. The van der Waals surface area contributed by atoms with Crippen molar-refractivity contribution in [2.24, 2.45) is 29.4 Å². The molecule has 4 unspecified atom stereocenters. The highest BCUT2D eigenvalue weighted by Gasteiger charge is 2.51. The zero-order chi connectivity index (χ0) is 8.84. The average Bonchev–Trinajstić information content (AvgIpc) is 3.00. The summed E-state index contributed by atoms with van der Waals surface area (Å²) in [6, 6.07) is 0.558. The lowest BCUT2D eigenvalue weighted by molar-refractivity contribution is 0.263. The quantitative estimate of drug-likeness (QED) is 0.692. The molecule has 0 radical (unpaired) electrons. The Kier molecular flexibility index (Phi) is 1.90. The van der Waals surface area contributed by atoms with Crippen LogP contribution < -0.4 is 5.73 Å². The summed E-state index contributed by atoms with van der Waals surface area (Å²) in [5.41, 5.74) is 6.20. The van der Waals surface area contributed by atoms with Crippen LogP contribution in [-0.4, -0.2) is 6.04 Å². The van der Waals surface area contributed by atoms with E-state index in [-0.39, 0.29) is 0 Å². The molecule has 0 spiro atoms. The zero-order valence-electron chi connectivity index (χ0n) is 8.41. The maximum absolute atomic E-state index is 6.20. The molecule has 0 saturated heterocycles. The van der Waals surface area contributed by atoms with Gasteiger partial charge in [-0.15, -0.1) is 0 Å². The van der Waals surface area contributed by atoms with Gasteiger partial charge in [-0.1, -0.05) is 12.8 Å². The summed E-state index contributed by atoms with van der Waals surface area (Å²) >= 11 is 0. The van der Waals surface area contributed by atoms with Gasteiger partial charge in [-0.3, -0.25) is 0 Å². The number of hydrogen-bond acceptors (Lipinski definition) is 1. The van der Waals surface area contributed by atoms with Crippen molar-refractivity contribution >= 4 is 0 Å². The van der Waals surface area contributed by atoms with Crippen LogP contribution in [0.1, 0.15) is 44.9 Å². The highest BCUT2D eigenvalue weighted by molar-refractivity contribution is 5.02. The van der Waals surface area contributed by atoms with E-state index in [1.807, 2.05) is 0 Å². The monoisotopic (exact) mass is 179 g/mol. The molecule has 13 heavy (non-hydrogen) atoms. The van der Waals surface area contributed by atoms with E-state index in [0.717, 1.165) is 23.7 Å². The van der Waals surface area contributed by atoms with Gasteiger partial charge in [0.1, 0.15) is 0 Å². The Balaban J connectivity index is 1.58. The van der Waals surface area contributed by atoms with Gasteiger partial charge in [0.2, 0.25) is 0 Å². The van der Waals surface area contributed by atoms with Crippen LogP contribution in [0, 0.1) is 23.7 Å². The van der Waals surface area contributed by atoms with E-state index in [4.69, 9.17) is 5.73 Å². The van der Waals surface area contributed by atoms with Crippen LogP contribution in [0.25, 0.3) is 0 Å². The van der Waals surface area contributed by atoms with Crippen molar-refractivity contribution in [2.45, 2.75) is 51.0 Å². The van der Waals surface area contributed by atoms with Gasteiger partial charge in [-0.05, 0) is 55.8 Å². The molecule has 3 aliphatic carbocycles. The van der Waals surface area contributed by atoms with Crippen molar-refractivity contribution in [1.82, 2.24) is 0 Å². The molecule has 1 heteroatoms. The lowest BCUT2D eigenvalue weighted by Crippen LogP contribution is -2.34. The molecule has 74 valence electrons. The second-order valence-electron chi connectivity index (χ2n) is 5.51. The average molecular weight is 179 g/mol. The number of nitrogens with two attached hydrogens (primary N) is 1. The van der Waals surface area contributed by atoms with E-state index in [1.54, 1.807) is 0 Å². The first-order valence-corrected chi connectivity index (χ1v) is 6.12. The second-order valence-corrected chi connectivity index (χ2v) is 5.51. The summed E-state index contributed by atoms with van der Waals surface area (Å²) in [4.78, 5) is 0. The van der Waals surface area contributed by atoms with Crippen LogP contribution in [0.4, 0.5) is 0 Å². The summed E-state index contributed by atoms with van der Waals surface area (Å²) in [5.74, 6) is 4.23. The molecular formula is C12H21N. The first-order chi connectivity index (χ1) is 6.36. The third-order valence-corrected chi connectivity index (χ3v) is 4.54. The largest absolute Gasteiger partial charge is 0.327 e. The third-order valence-electron chi connectivity index (χ3n) is 4.54. The highest BCUT2D eigenvalue weighted by Crippen LogP contribution is 2.59. The maximum Gasteiger partial charge on any atom is 0.00699 e. The predicted molar refractivity (Wildman–Crippen MR) is 54.3 cm³/mol. The Bertz CT molecular complexity index is 197. The van der Waals surface area contributed by atoms with Gasteiger partial charge in [0.05, 0.1) is 0 Å². The van der Waals surface area contributed by atoms with Crippen molar-refractivity contribution in [2.75, 3.05) is 0 Å². The molecule has 1 nitrogen and oxygen atoms in total. The normalized spacial score (nSPS) is 50.5. The molecular weight excluding hydrogens is 158 g/mol. The van der Waals surface area contributed by atoms with Crippen LogP contribution >= 0.6 is 0 Å². The minimum atomic E-state index is 0.558. The van der Waals surface area contributed by atoms with E-state index >= 15 is 0 Å². The fourth-order valence-corrected chi connectivity index (χ4v) is 3.51. The summed E-state index contributed by atoms with van der Waals surface area (Å²) in [6.45, 7) is 0. The minimum Gasteiger partial charge on any atom is -0.327 e. The number of hydrogen-bond donors (Lipinski definition) is 1. The molecule has 0 bridgehead atoms. The molecule has 2 N–H and O–H groups in total. The Labute approximate surface area is 81.1 Å². The van der Waals surface area contributed by atoms with E-state index in [9.17, 15) is 0 Å². The molecule has 0 heterocycles. The molecule has 0 aromatic heterocycles.